The van der Waals surface area contributed by atoms with Crippen LogP contribution in [0.5, 0.6) is 0 Å². The molecule has 0 spiro atoms. The van der Waals surface area contributed by atoms with Crippen LogP contribution in [-0.4, -0.2) is 56.0 Å². The number of rotatable bonds is 5. The Bertz CT molecular complexity index is 1170. The zero-order valence-corrected chi connectivity index (χ0v) is 19.3. The summed E-state index contributed by atoms with van der Waals surface area (Å²) in [5, 5.41) is 2.89. The van der Waals surface area contributed by atoms with Crippen molar-refractivity contribution in [3.63, 3.8) is 0 Å². The zero-order chi connectivity index (χ0) is 20.8. The Kier molecular flexibility index (Phi) is 5.43. The Morgan fingerprint density at radius 1 is 1.34 bits per heavy atom. The van der Waals surface area contributed by atoms with Gasteiger partial charge in [0.25, 0.3) is 5.91 Å². The van der Waals surface area contributed by atoms with Crippen molar-refractivity contribution in [1.82, 2.24) is 14.9 Å². The monoisotopic (exact) mass is 496 g/mol. The summed E-state index contributed by atoms with van der Waals surface area (Å²) >= 11 is 4.84. The highest BCUT2D eigenvalue weighted by molar-refractivity contribution is 9.10. The predicted molar refractivity (Wildman–Crippen MR) is 120 cm³/mol. The number of amides is 1. The molecule has 0 bridgehead atoms. The lowest BCUT2D eigenvalue weighted by Gasteiger charge is -2.15. The molecule has 29 heavy (non-hydrogen) atoms. The number of fused-ring (bicyclic) bond motifs is 1. The lowest BCUT2D eigenvalue weighted by molar-refractivity contribution is 0.0952. The van der Waals surface area contributed by atoms with E-state index in [1.165, 1.54) is 11.3 Å². The molecule has 1 aliphatic heterocycles. The quantitative estimate of drug-likeness (QED) is 0.586. The van der Waals surface area contributed by atoms with E-state index >= 15 is 0 Å². The minimum Gasteiger partial charge on any atom is -0.351 e. The van der Waals surface area contributed by atoms with Crippen molar-refractivity contribution >= 4 is 59.3 Å². The number of carbonyl (C=O) groups excluding carboxylic acids is 1. The maximum Gasteiger partial charge on any atom is 0.261 e. The number of halogens is 1. The molecule has 2 aromatic heterocycles. The maximum absolute atomic E-state index is 12.6. The Morgan fingerprint density at radius 3 is 2.69 bits per heavy atom. The number of nitrogens with zero attached hydrogens (tertiary/aromatic N) is 3. The van der Waals surface area contributed by atoms with E-state index in [4.69, 9.17) is 4.98 Å². The van der Waals surface area contributed by atoms with Crippen LogP contribution in [0.1, 0.15) is 16.1 Å². The molecule has 0 aliphatic carbocycles. The smallest absolute Gasteiger partial charge is 0.261 e. The van der Waals surface area contributed by atoms with E-state index in [0.29, 0.717) is 17.8 Å². The molecule has 10 heteroatoms. The number of imidazole rings is 1. The highest BCUT2D eigenvalue weighted by Gasteiger charge is 2.28. The van der Waals surface area contributed by atoms with Crippen molar-refractivity contribution in [2.75, 3.05) is 37.0 Å². The maximum atomic E-state index is 12.6. The number of aromatic nitrogens is 2. The van der Waals surface area contributed by atoms with Crippen LogP contribution in [-0.2, 0) is 9.84 Å². The second kappa shape index (κ2) is 7.73. The lowest BCUT2D eigenvalue weighted by Crippen LogP contribution is -2.29. The van der Waals surface area contributed by atoms with E-state index in [0.717, 1.165) is 26.5 Å². The molecule has 4 rings (SSSR count). The van der Waals surface area contributed by atoms with Crippen molar-refractivity contribution in [1.29, 1.82) is 0 Å². The van der Waals surface area contributed by atoms with Gasteiger partial charge in [0, 0.05) is 30.8 Å². The average molecular weight is 497 g/mol. The molecule has 0 radical (unpaired) electrons. The molecule has 7 nitrogen and oxygen atoms in total. The SMILES string of the molecule is CN(C)c1nc2cc(C(=O)NCC3CCS(=O)(=O)C3)sc2n1-c1ccc(Br)cc1. The molecular weight excluding hydrogens is 476 g/mol. The number of carbonyl (C=O) groups is 1. The molecule has 1 aliphatic rings. The first-order valence-corrected chi connectivity index (χ1v) is 12.6. The molecule has 1 atom stereocenters. The minimum atomic E-state index is -2.94. The second-order valence-electron chi connectivity index (χ2n) is 7.40. The van der Waals surface area contributed by atoms with Gasteiger partial charge in [0.2, 0.25) is 5.95 Å². The number of thiophene rings is 1. The number of nitrogens with one attached hydrogen (secondary N) is 1. The highest BCUT2D eigenvalue weighted by atomic mass is 79.9. The highest BCUT2D eigenvalue weighted by Crippen LogP contribution is 2.33. The Morgan fingerprint density at radius 2 is 2.07 bits per heavy atom. The summed E-state index contributed by atoms with van der Waals surface area (Å²) in [5.74, 6) is 0.962. The number of anilines is 1. The number of hydrogen-bond donors (Lipinski definition) is 1. The summed E-state index contributed by atoms with van der Waals surface area (Å²) in [4.78, 5) is 20.7. The van der Waals surface area contributed by atoms with E-state index in [1.807, 2.05) is 47.8 Å². The Hall–Kier alpha value is -1.91. The van der Waals surface area contributed by atoms with Gasteiger partial charge in [-0.2, -0.15) is 0 Å². The van der Waals surface area contributed by atoms with Gasteiger partial charge in [-0.15, -0.1) is 11.3 Å². The third-order valence-electron chi connectivity index (χ3n) is 4.90. The van der Waals surface area contributed by atoms with Crippen LogP contribution in [0.2, 0.25) is 0 Å². The van der Waals surface area contributed by atoms with Crippen molar-refractivity contribution in [2.24, 2.45) is 5.92 Å². The van der Waals surface area contributed by atoms with Gasteiger partial charge in [0.1, 0.15) is 10.3 Å². The van der Waals surface area contributed by atoms with Crippen LogP contribution in [0.25, 0.3) is 16.0 Å². The Labute approximate surface area is 181 Å². The first-order valence-electron chi connectivity index (χ1n) is 9.18. The molecule has 154 valence electrons. The standard InChI is InChI=1S/C19H21BrN4O3S2/c1-23(2)19-22-15-9-16(17(25)21-10-12-7-8-29(26,27)11-12)28-18(15)24(19)14-5-3-13(20)4-6-14/h3-6,9,12H,7-8,10-11H2,1-2H3,(H,21,25). The zero-order valence-electron chi connectivity index (χ0n) is 16.1. The number of benzene rings is 1. The van der Waals surface area contributed by atoms with Gasteiger partial charge in [0.15, 0.2) is 9.84 Å². The van der Waals surface area contributed by atoms with Crippen LogP contribution in [0.3, 0.4) is 0 Å². The molecule has 3 heterocycles. The van der Waals surface area contributed by atoms with Crippen LogP contribution in [0, 0.1) is 5.92 Å². The van der Waals surface area contributed by atoms with Crippen LogP contribution >= 0.6 is 27.3 Å². The fourth-order valence-electron chi connectivity index (χ4n) is 3.45. The molecule has 1 saturated heterocycles. The van der Waals surface area contributed by atoms with Gasteiger partial charge in [0.05, 0.1) is 16.4 Å². The van der Waals surface area contributed by atoms with Crippen LogP contribution in [0.15, 0.2) is 34.8 Å². The summed E-state index contributed by atoms with van der Waals surface area (Å²) in [5.41, 5.74) is 1.72. The van der Waals surface area contributed by atoms with E-state index in [1.54, 1.807) is 6.07 Å². The van der Waals surface area contributed by atoms with E-state index < -0.39 is 9.84 Å². The van der Waals surface area contributed by atoms with Crippen molar-refractivity contribution in [3.05, 3.63) is 39.7 Å². The normalized spacial score (nSPS) is 18.2. The molecule has 1 amide bonds. The molecule has 3 aromatic rings. The molecule has 1 fully saturated rings. The fraction of sp³-hybridized carbons (Fsp3) is 0.368. The van der Waals surface area contributed by atoms with Crippen LogP contribution < -0.4 is 10.2 Å². The summed E-state index contributed by atoms with van der Waals surface area (Å²) in [6.07, 6.45) is 0.609. The van der Waals surface area contributed by atoms with Gasteiger partial charge >= 0.3 is 0 Å². The first-order chi connectivity index (χ1) is 13.7. The molecule has 1 unspecified atom stereocenters. The molecular formula is C19H21BrN4O3S2. The topological polar surface area (TPSA) is 84.3 Å². The van der Waals surface area contributed by atoms with E-state index in [2.05, 4.69) is 21.2 Å². The van der Waals surface area contributed by atoms with Gasteiger partial charge < -0.3 is 10.2 Å². The number of hydrogen-bond acceptors (Lipinski definition) is 6. The molecule has 1 aromatic carbocycles. The van der Waals surface area contributed by atoms with Crippen LogP contribution in [0.4, 0.5) is 5.95 Å². The third kappa shape index (κ3) is 4.19. The number of sulfone groups is 1. The first kappa shape index (κ1) is 20.4. The minimum absolute atomic E-state index is 0.00612. The molecule has 1 N–H and O–H groups in total. The van der Waals surface area contributed by atoms with Crippen molar-refractivity contribution < 1.29 is 13.2 Å². The summed E-state index contributed by atoms with van der Waals surface area (Å²) in [7, 11) is 0.928. The second-order valence-corrected chi connectivity index (χ2v) is 11.6. The summed E-state index contributed by atoms with van der Waals surface area (Å²) < 4.78 is 26.2. The predicted octanol–water partition coefficient (Wildman–Crippen LogP) is 3.08. The summed E-state index contributed by atoms with van der Waals surface area (Å²) in [6, 6.07) is 9.73. The van der Waals surface area contributed by atoms with Crippen molar-refractivity contribution in [2.45, 2.75) is 6.42 Å². The molecule has 0 saturated carbocycles. The van der Waals surface area contributed by atoms with Gasteiger partial charge in [-0.05, 0) is 42.7 Å². The van der Waals surface area contributed by atoms with E-state index in [9.17, 15) is 13.2 Å². The average Bonchev–Trinajstić information content (AvgIpc) is 3.32. The van der Waals surface area contributed by atoms with Crippen molar-refractivity contribution in [3.8, 4) is 5.69 Å². The van der Waals surface area contributed by atoms with Gasteiger partial charge in [-0.25, -0.2) is 13.4 Å². The lowest BCUT2D eigenvalue weighted by atomic mass is 10.1. The Balaban J connectivity index is 1.60. The van der Waals surface area contributed by atoms with Gasteiger partial charge in [-0.1, -0.05) is 15.9 Å². The van der Waals surface area contributed by atoms with E-state index in [-0.39, 0.29) is 23.3 Å². The third-order valence-corrected chi connectivity index (χ3v) is 8.38. The summed E-state index contributed by atoms with van der Waals surface area (Å²) in [6.45, 7) is 0.378. The largest absolute Gasteiger partial charge is 0.351 e. The van der Waals surface area contributed by atoms with Gasteiger partial charge in [-0.3, -0.25) is 9.36 Å². The fourth-order valence-corrected chi connectivity index (χ4v) is 6.61.